The van der Waals surface area contributed by atoms with Crippen LogP contribution >= 0.6 is 34.7 Å². The third kappa shape index (κ3) is 5.41. The van der Waals surface area contributed by atoms with Crippen molar-refractivity contribution in [3.63, 3.8) is 0 Å². The quantitative estimate of drug-likeness (QED) is 0.243. The summed E-state index contributed by atoms with van der Waals surface area (Å²) in [5.41, 5.74) is 1.84. The molecule has 0 aliphatic heterocycles. The fourth-order valence-corrected chi connectivity index (χ4v) is 6.68. The van der Waals surface area contributed by atoms with Crippen molar-refractivity contribution in [3.8, 4) is 11.5 Å². The first-order chi connectivity index (χ1) is 17.2. The standard InChI is InChI=1S/C23H18ClF2N3O4S3/c1-32-15-8-7-14(19(9-15)33-2)12-29(23-28-27-13-34-23)36(30,31)22-10-16(24)21(11-18(22)26)35-20-6-4-3-5-17(20)25/h3-11,13H,12H2,1-2H3. The minimum atomic E-state index is -4.50. The van der Waals surface area contributed by atoms with E-state index in [0.717, 1.165) is 39.5 Å². The van der Waals surface area contributed by atoms with E-state index in [-0.39, 0.29) is 26.5 Å². The molecule has 0 saturated carbocycles. The monoisotopic (exact) mass is 569 g/mol. The maximum Gasteiger partial charge on any atom is 0.269 e. The number of aromatic nitrogens is 2. The van der Waals surface area contributed by atoms with Gasteiger partial charge in [-0.1, -0.05) is 46.8 Å². The Hall–Kier alpha value is -2.93. The first-order valence-electron chi connectivity index (χ1n) is 10.2. The highest BCUT2D eigenvalue weighted by atomic mass is 35.5. The second kappa shape index (κ2) is 11.0. The number of hydrogen-bond acceptors (Lipinski definition) is 8. The van der Waals surface area contributed by atoms with E-state index in [9.17, 15) is 12.8 Å². The van der Waals surface area contributed by atoms with Gasteiger partial charge in [0.05, 0.1) is 25.8 Å². The molecule has 3 aromatic carbocycles. The summed E-state index contributed by atoms with van der Waals surface area (Å²) in [4.78, 5) is -0.276. The third-order valence-electron chi connectivity index (χ3n) is 4.98. The zero-order valence-electron chi connectivity index (χ0n) is 18.8. The molecule has 0 aliphatic carbocycles. The summed E-state index contributed by atoms with van der Waals surface area (Å²) in [5.74, 6) is -0.670. The summed E-state index contributed by atoms with van der Waals surface area (Å²) >= 11 is 8.18. The van der Waals surface area contributed by atoms with Crippen LogP contribution in [0.4, 0.5) is 13.9 Å². The maximum absolute atomic E-state index is 15.3. The van der Waals surface area contributed by atoms with Gasteiger partial charge in [0.1, 0.15) is 33.5 Å². The molecule has 0 unspecified atom stereocenters. The summed E-state index contributed by atoms with van der Waals surface area (Å²) in [7, 11) is -1.57. The Bertz CT molecular complexity index is 1490. The number of halogens is 3. The summed E-state index contributed by atoms with van der Waals surface area (Å²) in [6, 6.07) is 12.8. The molecule has 4 aromatic rings. The van der Waals surface area contributed by atoms with Gasteiger partial charge in [0.2, 0.25) is 5.13 Å². The van der Waals surface area contributed by atoms with Crippen LogP contribution in [0.5, 0.6) is 11.5 Å². The molecule has 188 valence electrons. The Morgan fingerprint density at radius 2 is 1.81 bits per heavy atom. The van der Waals surface area contributed by atoms with E-state index < -0.39 is 26.6 Å². The van der Waals surface area contributed by atoms with Crippen LogP contribution in [0.3, 0.4) is 0 Å². The van der Waals surface area contributed by atoms with Crippen LogP contribution in [0.15, 0.2) is 74.8 Å². The molecule has 0 saturated heterocycles. The molecule has 0 bridgehead atoms. The Balaban J connectivity index is 1.74. The fourth-order valence-electron chi connectivity index (χ4n) is 3.22. The molecule has 0 spiro atoms. The predicted octanol–water partition coefficient (Wildman–Crippen LogP) is 6.03. The minimum absolute atomic E-state index is 0.0215. The van der Waals surface area contributed by atoms with Gasteiger partial charge in [0.15, 0.2) is 0 Å². The maximum atomic E-state index is 15.3. The Morgan fingerprint density at radius 1 is 1.03 bits per heavy atom. The molecule has 1 aromatic heterocycles. The summed E-state index contributed by atoms with van der Waals surface area (Å²) in [6.45, 7) is -0.229. The van der Waals surface area contributed by atoms with Gasteiger partial charge >= 0.3 is 0 Å². The molecule has 0 atom stereocenters. The summed E-state index contributed by atoms with van der Waals surface area (Å²) in [5, 5.41) is 7.57. The number of nitrogens with zero attached hydrogens (tertiary/aromatic N) is 3. The van der Waals surface area contributed by atoms with E-state index in [0.29, 0.717) is 17.1 Å². The molecule has 13 heteroatoms. The number of benzene rings is 3. The highest BCUT2D eigenvalue weighted by molar-refractivity contribution is 7.99. The van der Waals surface area contributed by atoms with Gasteiger partial charge in [-0.2, -0.15) is 0 Å². The highest BCUT2D eigenvalue weighted by Gasteiger charge is 2.32. The van der Waals surface area contributed by atoms with Crippen LogP contribution < -0.4 is 13.8 Å². The number of rotatable bonds is 9. The number of methoxy groups -OCH3 is 2. The van der Waals surface area contributed by atoms with Gasteiger partial charge in [-0.05, 0) is 36.4 Å². The topological polar surface area (TPSA) is 81.6 Å². The van der Waals surface area contributed by atoms with E-state index in [2.05, 4.69) is 10.2 Å². The lowest BCUT2D eigenvalue weighted by Gasteiger charge is -2.23. The molecule has 4 rings (SSSR count). The lowest BCUT2D eigenvalue weighted by Crippen LogP contribution is -2.31. The molecule has 0 N–H and O–H groups in total. The van der Waals surface area contributed by atoms with Crippen LogP contribution in [0.2, 0.25) is 5.02 Å². The highest BCUT2D eigenvalue weighted by Crippen LogP contribution is 2.39. The van der Waals surface area contributed by atoms with Crippen molar-refractivity contribution in [2.24, 2.45) is 0 Å². The second-order valence-electron chi connectivity index (χ2n) is 7.16. The lowest BCUT2D eigenvalue weighted by molar-refractivity contribution is 0.391. The lowest BCUT2D eigenvalue weighted by atomic mass is 10.2. The van der Waals surface area contributed by atoms with Crippen LogP contribution in [0, 0.1) is 11.6 Å². The number of ether oxygens (including phenoxy) is 2. The normalized spacial score (nSPS) is 11.4. The first kappa shape index (κ1) is 26.1. The molecule has 1 heterocycles. The van der Waals surface area contributed by atoms with E-state index in [1.165, 1.54) is 37.9 Å². The zero-order valence-corrected chi connectivity index (χ0v) is 22.0. The van der Waals surface area contributed by atoms with Gasteiger partial charge in [0, 0.05) is 21.4 Å². The van der Waals surface area contributed by atoms with E-state index in [1.807, 2.05) is 0 Å². The number of anilines is 1. The van der Waals surface area contributed by atoms with E-state index in [1.54, 1.807) is 24.3 Å². The third-order valence-corrected chi connectivity index (χ3v) is 9.09. The van der Waals surface area contributed by atoms with Crippen molar-refractivity contribution >= 4 is 49.9 Å². The molecular weight excluding hydrogens is 552 g/mol. The SMILES string of the molecule is COc1ccc(CN(c2nncs2)S(=O)(=O)c2cc(Cl)c(Sc3ccccc3F)cc2F)c(OC)c1. The largest absolute Gasteiger partial charge is 0.497 e. The smallest absolute Gasteiger partial charge is 0.269 e. The number of sulfonamides is 1. The van der Waals surface area contributed by atoms with Crippen molar-refractivity contribution in [2.75, 3.05) is 18.5 Å². The first-order valence-corrected chi connectivity index (χ1v) is 13.7. The molecule has 7 nitrogen and oxygen atoms in total. The molecule has 36 heavy (non-hydrogen) atoms. The van der Waals surface area contributed by atoms with Crippen molar-refractivity contribution in [2.45, 2.75) is 21.2 Å². The van der Waals surface area contributed by atoms with Crippen molar-refractivity contribution < 1.29 is 26.7 Å². The van der Waals surface area contributed by atoms with Crippen LogP contribution in [0.1, 0.15) is 5.56 Å². The van der Waals surface area contributed by atoms with Gasteiger partial charge in [-0.25, -0.2) is 21.5 Å². The average Bonchev–Trinajstić information content (AvgIpc) is 3.40. The fraction of sp³-hybridized carbons (Fsp3) is 0.130. The number of hydrogen-bond donors (Lipinski definition) is 0. The van der Waals surface area contributed by atoms with Crippen molar-refractivity contribution in [1.82, 2.24) is 10.2 Å². The van der Waals surface area contributed by atoms with Crippen LogP contribution in [0.25, 0.3) is 0 Å². The van der Waals surface area contributed by atoms with Gasteiger partial charge in [-0.15, -0.1) is 10.2 Å². The molecule has 0 radical (unpaired) electrons. The molecular formula is C23H18ClF2N3O4S3. The van der Waals surface area contributed by atoms with Gasteiger partial charge in [0.25, 0.3) is 10.0 Å². The van der Waals surface area contributed by atoms with Gasteiger partial charge < -0.3 is 9.47 Å². The predicted molar refractivity (Wildman–Crippen MR) is 135 cm³/mol. The molecule has 0 amide bonds. The van der Waals surface area contributed by atoms with Gasteiger partial charge in [-0.3, -0.25) is 0 Å². The minimum Gasteiger partial charge on any atom is -0.497 e. The Morgan fingerprint density at radius 3 is 2.47 bits per heavy atom. The zero-order chi connectivity index (χ0) is 25.9. The summed E-state index contributed by atoms with van der Waals surface area (Å²) in [6.07, 6.45) is 0. The molecule has 0 aliphatic rings. The van der Waals surface area contributed by atoms with Crippen LogP contribution in [-0.2, 0) is 16.6 Å². The van der Waals surface area contributed by atoms with E-state index in [4.69, 9.17) is 21.1 Å². The summed E-state index contributed by atoms with van der Waals surface area (Å²) < 4.78 is 68.2. The van der Waals surface area contributed by atoms with Crippen LogP contribution in [-0.4, -0.2) is 32.8 Å². The molecule has 0 fully saturated rings. The van der Waals surface area contributed by atoms with Crippen molar-refractivity contribution in [3.05, 3.63) is 82.3 Å². The Kier molecular flexibility index (Phi) is 7.98. The second-order valence-corrected chi connectivity index (χ2v) is 11.3. The van der Waals surface area contributed by atoms with Crippen molar-refractivity contribution in [1.29, 1.82) is 0 Å². The van der Waals surface area contributed by atoms with E-state index >= 15 is 4.39 Å². The average molecular weight is 570 g/mol. The Labute approximate surface area is 219 Å².